The number of ether oxygens (including phenoxy) is 1. The van der Waals surface area contributed by atoms with Gasteiger partial charge in [-0.25, -0.2) is 4.79 Å². The molecule has 1 amide bonds. The minimum Gasteiger partial charge on any atom is -0.481 e. The molecule has 1 aliphatic carbocycles. The summed E-state index contributed by atoms with van der Waals surface area (Å²) in [5.41, 5.74) is 0.298. The number of carbonyl (C=O) groups excluding carboxylic acids is 1. The SMILES string of the molecule is O=C(OCc1ccccc1)N1CCC(C(=O)O)(C2CCCCC2)CC1. The highest BCUT2D eigenvalue weighted by Crippen LogP contribution is 2.46. The number of rotatable bonds is 4. The van der Waals surface area contributed by atoms with Gasteiger partial charge >= 0.3 is 12.1 Å². The van der Waals surface area contributed by atoms with Gasteiger partial charge in [0.2, 0.25) is 0 Å². The van der Waals surface area contributed by atoms with E-state index in [1.807, 2.05) is 30.3 Å². The van der Waals surface area contributed by atoms with E-state index in [0.717, 1.165) is 31.2 Å². The molecule has 0 spiro atoms. The Morgan fingerprint density at radius 2 is 1.72 bits per heavy atom. The summed E-state index contributed by atoms with van der Waals surface area (Å²) in [5.74, 6) is -0.432. The van der Waals surface area contributed by atoms with E-state index in [0.29, 0.717) is 25.9 Å². The van der Waals surface area contributed by atoms with Gasteiger partial charge in [-0.15, -0.1) is 0 Å². The van der Waals surface area contributed by atoms with Gasteiger partial charge in [0, 0.05) is 13.1 Å². The van der Waals surface area contributed by atoms with Gasteiger partial charge in [-0.05, 0) is 37.2 Å². The summed E-state index contributed by atoms with van der Waals surface area (Å²) in [6.07, 6.45) is 6.21. The number of hydrogen-bond acceptors (Lipinski definition) is 3. The number of carbonyl (C=O) groups is 2. The molecule has 1 N–H and O–H groups in total. The zero-order chi connectivity index (χ0) is 17.7. The average Bonchev–Trinajstić information content (AvgIpc) is 2.67. The van der Waals surface area contributed by atoms with E-state index in [1.165, 1.54) is 6.42 Å². The second-order valence-electron chi connectivity index (χ2n) is 7.32. The van der Waals surface area contributed by atoms with Gasteiger partial charge in [0.1, 0.15) is 6.61 Å². The Kier molecular flexibility index (Phi) is 5.61. The second kappa shape index (κ2) is 7.89. The van der Waals surface area contributed by atoms with Crippen LogP contribution in [-0.2, 0) is 16.1 Å². The second-order valence-corrected chi connectivity index (χ2v) is 7.32. The number of hydrogen-bond donors (Lipinski definition) is 1. The Bertz CT molecular complexity index is 587. The predicted octanol–water partition coefficient (Wildman–Crippen LogP) is 4.07. The summed E-state index contributed by atoms with van der Waals surface area (Å²) in [6, 6.07) is 9.58. The fourth-order valence-electron chi connectivity index (χ4n) is 4.35. The summed E-state index contributed by atoms with van der Waals surface area (Å²) < 4.78 is 5.38. The van der Waals surface area contributed by atoms with Crippen molar-refractivity contribution >= 4 is 12.1 Å². The van der Waals surface area contributed by atoms with E-state index in [1.54, 1.807) is 4.90 Å². The number of aliphatic carboxylic acids is 1. The van der Waals surface area contributed by atoms with E-state index < -0.39 is 11.4 Å². The highest BCUT2D eigenvalue weighted by atomic mass is 16.6. The molecule has 1 aliphatic heterocycles. The summed E-state index contributed by atoms with van der Waals surface area (Å²) in [4.78, 5) is 26.0. The standard InChI is InChI=1S/C20H27NO4/c22-18(23)20(17-9-5-2-6-10-17)11-13-21(14-12-20)19(24)25-15-16-7-3-1-4-8-16/h1,3-4,7-8,17H,2,5-6,9-15H2,(H,22,23). The van der Waals surface area contributed by atoms with Crippen molar-refractivity contribution in [2.24, 2.45) is 11.3 Å². The molecule has 5 nitrogen and oxygen atoms in total. The monoisotopic (exact) mass is 345 g/mol. The molecule has 0 bridgehead atoms. The maximum absolute atomic E-state index is 12.3. The number of carboxylic acid groups (broad SMARTS) is 1. The van der Waals surface area contributed by atoms with Crippen LogP contribution in [0, 0.1) is 11.3 Å². The molecule has 5 heteroatoms. The molecule has 1 aromatic carbocycles. The van der Waals surface area contributed by atoms with Crippen molar-refractivity contribution in [2.45, 2.75) is 51.6 Å². The summed E-state index contributed by atoms with van der Waals surface area (Å²) in [7, 11) is 0. The third kappa shape index (κ3) is 3.97. The molecular formula is C20H27NO4. The van der Waals surface area contributed by atoms with Crippen molar-refractivity contribution in [3.05, 3.63) is 35.9 Å². The van der Waals surface area contributed by atoms with Crippen LogP contribution in [0.25, 0.3) is 0 Å². The summed E-state index contributed by atoms with van der Waals surface area (Å²) in [5, 5.41) is 9.88. The molecule has 1 aromatic rings. The van der Waals surface area contributed by atoms with Crippen molar-refractivity contribution in [1.29, 1.82) is 0 Å². The van der Waals surface area contributed by atoms with Crippen LogP contribution in [-0.4, -0.2) is 35.2 Å². The molecule has 1 saturated heterocycles. The first kappa shape index (κ1) is 17.8. The van der Waals surface area contributed by atoms with Crippen molar-refractivity contribution in [1.82, 2.24) is 4.90 Å². The van der Waals surface area contributed by atoms with Gasteiger partial charge in [-0.1, -0.05) is 49.6 Å². The Hall–Kier alpha value is -2.04. The average molecular weight is 345 g/mol. The number of benzene rings is 1. The van der Waals surface area contributed by atoms with E-state index in [9.17, 15) is 14.7 Å². The maximum Gasteiger partial charge on any atom is 0.410 e. The highest BCUT2D eigenvalue weighted by molar-refractivity contribution is 5.76. The first-order valence-corrected chi connectivity index (χ1v) is 9.31. The smallest absolute Gasteiger partial charge is 0.410 e. The number of carboxylic acids is 1. The normalized spacial score (nSPS) is 20.9. The largest absolute Gasteiger partial charge is 0.481 e. The van der Waals surface area contributed by atoms with E-state index >= 15 is 0 Å². The molecule has 0 unspecified atom stereocenters. The third-order valence-corrected chi connectivity index (χ3v) is 5.93. The van der Waals surface area contributed by atoms with Crippen LogP contribution in [0.15, 0.2) is 30.3 Å². The lowest BCUT2D eigenvalue weighted by Crippen LogP contribution is -2.50. The number of amides is 1. The Morgan fingerprint density at radius 3 is 2.32 bits per heavy atom. The number of piperidine rings is 1. The highest BCUT2D eigenvalue weighted by Gasteiger charge is 2.48. The van der Waals surface area contributed by atoms with Gasteiger partial charge in [0.15, 0.2) is 0 Å². The van der Waals surface area contributed by atoms with Crippen LogP contribution < -0.4 is 0 Å². The lowest BCUT2D eigenvalue weighted by atomic mass is 9.64. The van der Waals surface area contributed by atoms with Gasteiger partial charge < -0.3 is 14.7 Å². The third-order valence-electron chi connectivity index (χ3n) is 5.93. The van der Waals surface area contributed by atoms with Crippen LogP contribution in [0.3, 0.4) is 0 Å². The molecule has 2 aliphatic rings. The van der Waals surface area contributed by atoms with Gasteiger partial charge in [0.25, 0.3) is 0 Å². The molecule has 0 radical (unpaired) electrons. The molecule has 2 fully saturated rings. The number of likely N-dealkylation sites (tertiary alicyclic amines) is 1. The summed E-state index contributed by atoms with van der Waals surface area (Å²) in [6.45, 7) is 1.19. The zero-order valence-corrected chi connectivity index (χ0v) is 14.7. The lowest BCUT2D eigenvalue weighted by Gasteiger charge is -2.44. The van der Waals surface area contributed by atoms with Crippen LogP contribution in [0.4, 0.5) is 4.79 Å². The molecule has 0 atom stereocenters. The molecule has 3 rings (SSSR count). The first-order chi connectivity index (χ1) is 12.1. The minimum atomic E-state index is -0.684. The molecular weight excluding hydrogens is 318 g/mol. The fourth-order valence-corrected chi connectivity index (χ4v) is 4.35. The van der Waals surface area contributed by atoms with Crippen molar-refractivity contribution in [2.75, 3.05) is 13.1 Å². The predicted molar refractivity (Wildman–Crippen MR) is 94.1 cm³/mol. The van der Waals surface area contributed by atoms with Crippen molar-refractivity contribution < 1.29 is 19.4 Å². The van der Waals surface area contributed by atoms with Crippen LogP contribution in [0.1, 0.15) is 50.5 Å². The van der Waals surface area contributed by atoms with Crippen molar-refractivity contribution in [3.8, 4) is 0 Å². The topological polar surface area (TPSA) is 66.8 Å². The fraction of sp³-hybridized carbons (Fsp3) is 0.600. The lowest BCUT2D eigenvalue weighted by molar-refractivity contribution is -0.157. The van der Waals surface area contributed by atoms with E-state index in [-0.39, 0.29) is 18.6 Å². The molecule has 25 heavy (non-hydrogen) atoms. The molecule has 136 valence electrons. The van der Waals surface area contributed by atoms with Crippen molar-refractivity contribution in [3.63, 3.8) is 0 Å². The van der Waals surface area contributed by atoms with Gasteiger partial charge in [-0.3, -0.25) is 4.79 Å². The van der Waals surface area contributed by atoms with Crippen LogP contribution in [0.5, 0.6) is 0 Å². The zero-order valence-electron chi connectivity index (χ0n) is 14.7. The molecule has 0 aromatic heterocycles. The Labute approximate surface area is 149 Å². The van der Waals surface area contributed by atoms with E-state index in [4.69, 9.17) is 4.74 Å². The van der Waals surface area contributed by atoms with Gasteiger partial charge in [0.05, 0.1) is 5.41 Å². The summed E-state index contributed by atoms with van der Waals surface area (Å²) >= 11 is 0. The molecule has 1 heterocycles. The van der Waals surface area contributed by atoms with E-state index in [2.05, 4.69) is 0 Å². The number of nitrogens with zero attached hydrogens (tertiary/aromatic N) is 1. The van der Waals surface area contributed by atoms with Crippen LogP contribution >= 0.6 is 0 Å². The first-order valence-electron chi connectivity index (χ1n) is 9.31. The Balaban J connectivity index is 1.56. The molecule has 1 saturated carbocycles. The quantitative estimate of drug-likeness (QED) is 0.893. The minimum absolute atomic E-state index is 0.251. The van der Waals surface area contributed by atoms with Gasteiger partial charge in [-0.2, -0.15) is 0 Å². The maximum atomic E-state index is 12.3. The Morgan fingerprint density at radius 1 is 1.08 bits per heavy atom. The van der Waals surface area contributed by atoms with Crippen LogP contribution in [0.2, 0.25) is 0 Å².